The third-order valence-corrected chi connectivity index (χ3v) is 6.00. The van der Waals surface area contributed by atoms with Crippen molar-refractivity contribution in [2.24, 2.45) is 0 Å². The Morgan fingerprint density at radius 3 is 2.71 bits per heavy atom. The highest BCUT2D eigenvalue weighted by Crippen LogP contribution is 2.33. The molecule has 35 heavy (non-hydrogen) atoms. The van der Waals surface area contributed by atoms with Gasteiger partial charge in [-0.1, -0.05) is 12.1 Å². The second-order valence-corrected chi connectivity index (χ2v) is 8.34. The van der Waals surface area contributed by atoms with Gasteiger partial charge in [-0.25, -0.2) is 4.98 Å². The maximum atomic E-state index is 6.33. The summed E-state index contributed by atoms with van der Waals surface area (Å²) in [6.07, 6.45) is 5.75. The van der Waals surface area contributed by atoms with Crippen LogP contribution >= 0.6 is 0 Å². The molecule has 174 valence electrons. The molecule has 0 saturated carbocycles. The molecule has 0 radical (unpaired) electrons. The predicted octanol–water partition coefficient (Wildman–Crippen LogP) is 3.60. The molecule has 6 rings (SSSR count). The summed E-state index contributed by atoms with van der Waals surface area (Å²) in [5.41, 5.74) is 3.61. The molecule has 1 aromatic carbocycles. The van der Waals surface area contributed by atoms with Crippen LogP contribution < -0.4 is 14.4 Å². The van der Waals surface area contributed by atoms with Crippen LogP contribution in [0.2, 0.25) is 0 Å². The molecule has 0 amide bonds. The highest BCUT2D eigenvalue weighted by Gasteiger charge is 2.28. The van der Waals surface area contributed by atoms with Gasteiger partial charge in [-0.15, -0.1) is 10.2 Å². The largest absolute Gasteiger partial charge is 0.497 e. The second kappa shape index (κ2) is 9.02. The van der Waals surface area contributed by atoms with Crippen LogP contribution in [-0.4, -0.2) is 49.5 Å². The number of pyridine rings is 2. The van der Waals surface area contributed by atoms with Crippen molar-refractivity contribution in [3.05, 3.63) is 90.6 Å². The minimum absolute atomic E-state index is 0.138. The molecule has 4 aromatic heterocycles. The molecule has 0 fully saturated rings. The summed E-state index contributed by atoms with van der Waals surface area (Å²) in [5.74, 6) is 3.18. The van der Waals surface area contributed by atoms with E-state index in [1.54, 1.807) is 30.2 Å². The number of nitrogens with zero attached hydrogens (tertiary/aromatic N) is 7. The van der Waals surface area contributed by atoms with Gasteiger partial charge >= 0.3 is 0 Å². The normalized spacial score (nSPS) is 15.0. The van der Waals surface area contributed by atoms with Gasteiger partial charge in [0.1, 0.15) is 11.9 Å². The summed E-state index contributed by atoms with van der Waals surface area (Å²) < 4.78 is 13.4. The van der Waals surface area contributed by atoms with E-state index in [0.717, 1.165) is 34.4 Å². The van der Waals surface area contributed by atoms with E-state index in [1.165, 1.54) is 5.56 Å². The molecular weight excluding hydrogens is 442 g/mol. The lowest BCUT2D eigenvalue weighted by molar-refractivity contribution is 0.188. The average molecular weight is 466 g/mol. The predicted molar refractivity (Wildman–Crippen MR) is 130 cm³/mol. The summed E-state index contributed by atoms with van der Waals surface area (Å²) in [6.45, 7) is 1.37. The Morgan fingerprint density at radius 2 is 1.89 bits per heavy atom. The highest BCUT2D eigenvalue weighted by atomic mass is 16.5. The molecular formula is C26H23N7O2. The number of fused-ring (bicyclic) bond motifs is 2. The standard InChI is InChI=1S/C26H23N7O2/c1-34-20-8-6-18(7-9-20)16-32-17-21(35-23-5-3-13-28-26(23)32)14-25-30-29-24-11-10-22(31-33(24)25)19-4-2-12-27-15-19/h2-13,15,21H,14,16-17H2,1H3. The second-order valence-electron chi connectivity index (χ2n) is 8.34. The van der Waals surface area contributed by atoms with E-state index in [1.807, 2.05) is 48.5 Å². The Balaban J connectivity index is 1.27. The SMILES string of the molecule is COc1ccc(CN2CC(Cc3nnc4ccc(-c5cccnc5)nn34)Oc3cccnc32)cc1. The van der Waals surface area contributed by atoms with Crippen LogP contribution in [0.15, 0.2) is 79.3 Å². The lowest BCUT2D eigenvalue weighted by Gasteiger charge is -2.35. The monoisotopic (exact) mass is 465 g/mol. The fraction of sp³-hybridized carbons (Fsp3) is 0.192. The Bertz CT molecular complexity index is 1450. The van der Waals surface area contributed by atoms with Crippen LogP contribution in [-0.2, 0) is 13.0 Å². The van der Waals surface area contributed by atoms with Crippen molar-refractivity contribution in [2.75, 3.05) is 18.6 Å². The first kappa shape index (κ1) is 21.0. The molecule has 9 heteroatoms. The number of hydrogen-bond acceptors (Lipinski definition) is 8. The van der Waals surface area contributed by atoms with E-state index in [0.29, 0.717) is 25.2 Å². The molecule has 0 spiro atoms. The smallest absolute Gasteiger partial charge is 0.177 e. The third-order valence-electron chi connectivity index (χ3n) is 6.00. The van der Waals surface area contributed by atoms with Crippen LogP contribution in [0.25, 0.3) is 16.9 Å². The van der Waals surface area contributed by atoms with E-state index in [9.17, 15) is 0 Å². The fourth-order valence-corrected chi connectivity index (χ4v) is 4.29. The molecule has 5 aromatic rings. The molecule has 0 aliphatic carbocycles. The van der Waals surface area contributed by atoms with Crippen LogP contribution in [0.4, 0.5) is 5.82 Å². The van der Waals surface area contributed by atoms with Crippen molar-refractivity contribution in [3.63, 3.8) is 0 Å². The van der Waals surface area contributed by atoms with Crippen LogP contribution in [0, 0.1) is 0 Å². The fourth-order valence-electron chi connectivity index (χ4n) is 4.29. The molecule has 5 heterocycles. The van der Waals surface area contributed by atoms with Crippen LogP contribution in [0.5, 0.6) is 11.5 Å². The van der Waals surface area contributed by atoms with Gasteiger partial charge in [0.25, 0.3) is 0 Å². The Hall–Kier alpha value is -4.53. The first-order chi connectivity index (χ1) is 17.3. The Kier molecular flexibility index (Phi) is 5.42. The number of benzene rings is 1. The van der Waals surface area contributed by atoms with Gasteiger partial charge in [0.15, 0.2) is 23.0 Å². The van der Waals surface area contributed by atoms with Gasteiger partial charge in [0.2, 0.25) is 0 Å². The van der Waals surface area contributed by atoms with Crippen molar-refractivity contribution >= 4 is 11.5 Å². The van der Waals surface area contributed by atoms with Gasteiger partial charge in [0, 0.05) is 37.1 Å². The van der Waals surface area contributed by atoms with Gasteiger partial charge < -0.3 is 14.4 Å². The van der Waals surface area contributed by atoms with Crippen molar-refractivity contribution in [1.29, 1.82) is 0 Å². The van der Waals surface area contributed by atoms with Gasteiger partial charge in [-0.3, -0.25) is 4.98 Å². The number of anilines is 1. The number of hydrogen-bond donors (Lipinski definition) is 0. The van der Waals surface area contributed by atoms with Crippen molar-refractivity contribution in [2.45, 2.75) is 19.1 Å². The topological polar surface area (TPSA) is 90.6 Å². The lowest BCUT2D eigenvalue weighted by atomic mass is 10.1. The quantitative estimate of drug-likeness (QED) is 0.376. The van der Waals surface area contributed by atoms with E-state index >= 15 is 0 Å². The zero-order valence-corrected chi connectivity index (χ0v) is 19.2. The molecule has 1 unspecified atom stereocenters. The summed E-state index contributed by atoms with van der Waals surface area (Å²) in [5, 5.41) is 13.5. The van der Waals surface area contributed by atoms with E-state index in [-0.39, 0.29) is 6.10 Å². The number of aromatic nitrogens is 6. The zero-order valence-electron chi connectivity index (χ0n) is 19.2. The molecule has 1 aliphatic heterocycles. The van der Waals surface area contributed by atoms with Gasteiger partial charge in [-0.2, -0.15) is 9.61 Å². The number of methoxy groups -OCH3 is 1. The molecule has 0 saturated heterocycles. The van der Waals surface area contributed by atoms with Crippen LogP contribution in [0.1, 0.15) is 11.4 Å². The average Bonchev–Trinajstić information content (AvgIpc) is 3.31. The maximum absolute atomic E-state index is 6.33. The first-order valence-corrected chi connectivity index (χ1v) is 11.4. The van der Waals surface area contributed by atoms with Crippen molar-refractivity contribution in [1.82, 2.24) is 29.8 Å². The van der Waals surface area contributed by atoms with Crippen LogP contribution in [0.3, 0.4) is 0 Å². The molecule has 9 nitrogen and oxygen atoms in total. The van der Waals surface area contributed by atoms with Gasteiger partial charge in [-0.05, 0) is 54.1 Å². The summed E-state index contributed by atoms with van der Waals surface area (Å²) in [4.78, 5) is 11.0. The first-order valence-electron chi connectivity index (χ1n) is 11.4. The molecule has 0 N–H and O–H groups in total. The number of rotatable bonds is 6. The van der Waals surface area contributed by atoms with E-state index < -0.39 is 0 Å². The Morgan fingerprint density at radius 1 is 1.00 bits per heavy atom. The molecule has 1 atom stereocenters. The molecule has 1 aliphatic rings. The zero-order chi connectivity index (χ0) is 23.6. The number of ether oxygens (including phenoxy) is 2. The summed E-state index contributed by atoms with van der Waals surface area (Å²) >= 11 is 0. The molecule has 0 bridgehead atoms. The van der Waals surface area contributed by atoms with E-state index in [4.69, 9.17) is 14.6 Å². The van der Waals surface area contributed by atoms with Gasteiger partial charge in [0.05, 0.1) is 19.3 Å². The van der Waals surface area contributed by atoms with E-state index in [2.05, 4.69) is 37.2 Å². The summed E-state index contributed by atoms with van der Waals surface area (Å²) in [7, 11) is 1.67. The van der Waals surface area contributed by atoms with Crippen molar-refractivity contribution < 1.29 is 9.47 Å². The maximum Gasteiger partial charge on any atom is 0.177 e. The minimum atomic E-state index is -0.138. The minimum Gasteiger partial charge on any atom is -0.497 e. The Labute approximate surface area is 202 Å². The van der Waals surface area contributed by atoms with Crippen molar-refractivity contribution in [3.8, 4) is 22.8 Å². The lowest BCUT2D eigenvalue weighted by Crippen LogP contribution is -2.41. The highest BCUT2D eigenvalue weighted by molar-refractivity contribution is 5.59. The summed E-state index contributed by atoms with van der Waals surface area (Å²) in [6, 6.07) is 19.7. The third kappa shape index (κ3) is 4.23.